The summed E-state index contributed by atoms with van der Waals surface area (Å²) in [5.41, 5.74) is -0.148. The van der Waals surface area contributed by atoms with Gasteiger partial charge in [0, 0.05) is 6.16 Å². The van der Waals surface area contributed by atoms with E-state index in [0.29, 0.717) is 0 Å². The van der Waals surface area contributed by atoms with Crippen LogP contribution >= 0.6 is 7.80 Å². The van der Waals surface area contributed by atoms with Crippen LogP contribution < -0.4 is 5.32 Å². The van der Waals surface area contributed by atoms with Crippen LogP contribution in [0.3, 0.4) is 0 Å². The summed E-state index contributed by atoms with van der Waals surface area (Å²) < 4.78 is 20.1. The van der Waals surface area contributed by atoms with Gasteiger partial charge in [0.15, 0.2) is 0 Å². The van der Waals surface area contributed by atoms with Crippen LogP contribution in [0.15, 0.2) is 11.8 Å². The zero-order chi connectivity index (χ0) is 13.3. The fraction of sp³-hybridized carbons (Fsp3) is 0.556. The van der Waals surface area contributed by atoms with Crippen molar-refractivity contribution in [3.05, 3.63) is 11.8 Å². The molecule has 0 aromatic carbocycles. The second kappa shape index (κ2) is 8.78. The normalized spacial score (nSPS) is 12.8. The van der Waals surface area contributed by atoms with Crippen LogP contribution in [0.25, 0.3) is 0 Å². The standard InChI is InChI=1S/C9H16NO6P/c1-3-16-8(12)7(10-9(13)15-2)4-5-17(14)6-11/h4,11,17H,3,5-6H2,1-2H3,(H,10,13)/b7-4-. The average molecular weight is 265 g/mol. The first-order valence-electron chi connectivity index (χ1n) is 4.89. The van der Waals surface area contributed by atoms with Gasteiger partial charge in [0.25, 0.3) is 0 Å². The number of alkyl carbamates (subject to hydrolysis) is 1. The minimum absolute atomic E-state index is 0.000686. The minimum atomic E-state index is -2.18. The lowest BCUT2D eigenvalue weighted by Gasteiger charge is -2.07. The zero-order valence-corrected chi connectivity index (χ0v) is 10.7. The molecule has 1 atom stereocenters. The summed E-state index contributed by atoms with van der Waals surface area (Å²) in [6.45, 7) is 1.76. The van der Waals surface area contributed by atoms with Crippen molar-refractivity contribution < 1.29 is 28.7 Å². The molecule has 2 N–H and O–H groups in total. The number of rotatable bonds is 6. The lowest BCUT2D eigenvalue weighted by molar-refractivity contribution is -0.138. The van der Waals surface area contributed by atoms with Crippen molar-refractivity contribution in [1.82, 2.24) is 5.32 Å². The fourth-order valence-corrected chi connectivity index (χ4v) is 1.40. The van der Waals surface area contributed by atoms with Crippen molar-refractivity contribution in [3.63, 3.8) is 0 Å². The third-order valence-electron chi connectivity index (χ3n) is 1.63. The summed E-state index contributed by atoms with van der Waals surface area (Å²) in [6, 6.07) is 0. The van der Waals surface area contributed by atoms with E-state index in [1.54, 1.807) is 6.92 Å². The summed E-state index contributed by atoms with van der Waals surface area (Å²) in [7, 11) is -1.04. The summed E-state index contributed by atoms with van der Waals surface area (Å²) in [5, 5.41) is 10.7. The van der Waals surface area contributed by atoms with Crippen LogP contribution in [0.1, 0.15) is 6.92 Å². The molecular formula is C9H16NO6P. The Balaban J connectivity index is 4.65. The molecule has 0 aromatic rings. The predicted octanol–water partition coefficient (Wildman–Crippen LogP) is 0.299. The number of allylic oxidation sites excluding steroid dienone is 1. The van der Waals surface area contributed by atoms with E-state index in [0.717, 1.165) is 7.11 Å². The van der Waals surface area contributed by atoms with Crippen LogP contribution in [0, 0.1) is 0 Å². The molecule has 0 spiro atoms. The number of amides is 1. The van der Waals surface area contributed by atoms with Gasteiger partial charge in [-0.15, -0.1) is 0 Å². The van der Waals surface area contributed by atoms with Gasteiger partial charge in [-0.25, -0.2) is 9.59 Å². The Hall–Kier alpha value is -1.33. The molecule has 0 aliphatic carbocycles. The van der Waals surface area contributed by atoms with E-state index in [1.807, 2.05) is 0 Å². The largest absolute Gasteiger partial charge is 0.461 e. The number of carbonyl (C=O) groups excluding carboxylic acids is 2. The highest BCUT2D eigenvalue weighted by Gasteiger charge is 2.14. The first-order valence-corrected chi connectivity index (χ1v) is 6.72. The molecule has 0 bridgehead atoms. The van der Waals surface area contributed by atoms with Crippen molar-refractivity contribution in [1.29, 1.82) is 0 Å². The number of hydrogen-bond donors (Lipinski definition) is 2. The lowest BCUT2D eigenvalue weighted by atomic mass is 10.4. The number of methoxy groups -OCH3 is 1. The van der Waals surface area contributed by atoms with Crippen LogP contribution in [-0.4, -0.2) is 43.4 Å². The number of aliphatic hydroxyl groups excluding tert-OH is 1. The molecule has 0 rings (SSSR count). The van der Waals surface area contributed by atoms with Gasteiger partial charge < -0.3 is 19.1 Å². The number of carbonyl (C=O) groups is 2. The molecule has 8 heteroatoms. The molecule has 17 heavy (non-hydrogen) atoms. The maximum Gasteiger partial charge on any atom is 0.411 e. The summed E-state index contributed by atoms with van der Waals surface area (Å²) in [6.07, 6.45) is -0.0331. The highest BCUT2D eigenvalue weighted by atomic mass is 31.1. The van der Waals surface area contributed by atoms with Crippen molar-refractivity contribution in [2.45, 2.75) is 6.92 Å². The Morgan fingerprint density at radius 2 is 2.12 bits per heavy atom. The maximum atomic E-state index is 11.4. The Bertz CT molecular complexity index is 327. The van der Waals surface area contributed by atoms with E-state index in [9.17, 15) is 14.2 Å². The molecule has 1 amide bonds. The van der Waals surface area contributed by atoms with Crippen LogP contribution in [0.4, 0.5) is 4.79 Å². The molecule has 7 nitrogen and oxygen atoms in total. The molecule has 0 saturated carbocycles. The van der Waals surface area contributed by atoms with Crippen LogP contribution in [-0.2, 0) is 18.8 Å². The zero-order valence-electron chi connectivity index (χ0n) is 9.69. The fourth-order valence-electron chi connectivity index (χ4n) is 0.836. The molecule has 0 radical (unpaired) electrons. The van der Waals surface area contributed by atoms with Crippen LogP contribution in [0.5, 0.6) is 0 Å². The SMILES string of the molecule is CCOC(=O)/C(=C/C[PH](=O)CO)NC(=O)OC. The topological polar surface area (TPSA) is 102 Å². The van der Waals surface area contributed by atoms with Crippen molar-refractivity contribution in [3.8, 4) is 0 Å². The number of aliphatic hydroxyl groups is 1. The Morgan fingerprint density at radius 1 is 1.47 bits per heavy atom. The van der Waals surface area contributed by atoms with Gasteiger partial charge in [-0.1, -0.05) is 0 Å². The molecule has 1 unspecified atom stereocenters. The Morgan fingerprint density at radius 3 is 2.59 bits per heavy atom. The second-order valence-corrected chi connectivity index (χ2v) is 4.66. The highest BCUT2D eigenvalue weighted by molar-refractivity contribution is 7.44. The van der Waals surface area contributed by atoms with E-state index >= 15 is 0 Å². The first kappa shape index (κ1) is 15.7. The van der Waals surface area contributed by atoms with Gasteiger partial charge in [0.2, 0.25) is 0 Å². The predicted molar refractivity (Wildman–Crippen MR) is 61.2 cm³/mol. The quantitative estimate of drug-likeness (QED) is 0.407. The first-order chi connectivity index (χ1) is 8.04. The third kappa shape index (κ3) is 6.76. The molecular weight excluding hydrogens is 249 g/mol. The van der Waals surface area contributed by atoms with Gasteiger partial charge >= 0.3 is 12.1 Å². The highest BCUT2D eigenvalue weighted by Crippen LogP contribution is 2.18. The molecule has 98 valence electrons. The van der Waals surface area contributed by atoms with Gasteiger partial charge in [0.05, 0.1) is 20.1 Å². The van der Waals surface area contributed by atoms with Gasteiger partial charge in [-0.3, -0.25) is 5.32 Å². The van der Waals surface area contributed by atoms with E-state index in [1.165, 1.54) is 6.08 Å². The summed E-state index contributed by atoms with van der Waals surface area (Å²) in [4.78, 5) is 22.3. The summed E-state index contributed by atoms with van der Waals surface area (Å²) in [5.74, 6) is -0.745. The van der Waals surface area contributed by atoms with E-state index in [4.69, 9.17) is 5.11 Å². The third-order valence-corrected chi connectivity index (χ3v) is 2.64. The number of esters is 1. The number of nitrogens with one attached hydrogen (secondary N) is 1. The maximum absolute atomic E-state index is 11.4. The number of ether oxygens (including phenoxy) is 2. The minimum Gasteiger partial charge on any atom is -0.461 e. The van der Waals surface area contributed by atoms with Gasteiger partial charge in [0.1, 0.15) is 13.5 Å². The molecule has 0 aromatic heterocycles. The van der Waals surface area contributed by atoms with Crippen LogP contribution in [0.2, 0.25) is 0 Å². The monoisotopic (exact) mass is 265 g/mol. The Labute approximate surface area is 99.6 Å². The van der Waals surface area contributed by atoms with E-state index < -0.39 is 26.2 Å². The number of hydrogen-bond acceptors (Lipinski definition) is 6. The Kier molecular flexibility index (Phi) is 8.09. The van der Waals surface area contributed by atoms with E-state index in [2.05, 4.69) is 14.8 Å². The van der Waals surface area contributed by atoms with Crippen molar-refractivity contribution in [2.75, 3.05) is 26.2 Å². The van der Waals surface area contributed by atoms with E-state index in [-0.39, 0.29) is 18.5 Å². The summed E-state index contributed by atoms with van der Waals surface area (Å²) >= 11 is 0. The molecule has 0 fully saturated rings. The molecule has 0 saturated heterocycles. The molecule has 0 aliphatic heterocycles. The average Bonchev–Trinajstić information content (AvgIpc) is 2.33. The van der Waals surface area contributed by atoms with Gasteiger partial charge in [-0.05, 0) is 13.0 Å². The second-order valence-electron chi connectivity index (χ2n) is 2.86. The van der Waals surface area contributed by atoms with Crippen molar-refractivity contribution in [2.24, 2.45) is 0 Å². The van der Waals surface area contributed by atoms with Gasteiger partial charge in [-0.2, -0.15) is 0 Å². The van der Waals surface area contributed by atoms with Crippen molar-refractivity contribution >= 4 is 19.9 Å². The molecule has 0 heterocycles. The molecule has 0 aliphatic rings. The smallest absolute Gasteiger partial charge is 0.411 e. The lowest BCUT2D eigenvalue weighted by Crippen LogP contribution is -2.28.